The van der Waals surface area contributed by atoms with Crippen LogP contribution in [0, 0.1) is 0 Å². The third-order valence-electron chi connectivity index (χ3n) is 5.62. The fourth-order valence-electron chi connectivity index (χ4n) is 3.74. The lowest BCUT2D eigenvalue weighted by molar-refractivity contribution is -0.149. The number of amides is 1. The molecule has 1 aliphatic heterocycles. The van der Waals surface area contributed by atoms with Crippen molar-refractivity contribution in [1.82, 2.24) is 19.5 Å². The molecule has 232 valence electrons. The maximum absolute atomic E-state index is 15.1. The molecule has 1 aliphatic rings. The van der Waals surface area contributed by atoms with Gasteiger partial charge in [0.05, 0.1) is 19.3 Å². The summed E-state index contributed by atoms with van der Waals surface area (Å²) in [5.74, 6) is -5.37. The van der Waals surface area contributed by atoms with Gasteiger partial charge in [-0.25, -0.2) is 9.36 Å². The Labute approximate surface area is 240 Å². The standard InChI is InChI=1S/C25H34F2N5O9P/c1-15(2)39-22(35)16(3)30-42(37,41-17-9-7-6-8-10-17)38-14-18-21(34)25(26,27)23(40-18)32-12-11-19(29-24(32)36)28-20(33)13-31(4)5/h6-12,15-16,18,21,23,34H,13-14H2,1-5H3,(H,30,37)(H,28,29,33,36). The Balaban J connectivity index is 1.77. The van der Waals surface area contributed by atoms with Gasteiger partial charge >= 0.3 is 25.3 Å². The summed E-state index contributed by atoms with van der Waals surface area (Å²) in [5, 5.41) is 15.1. The number of rotatable bonds is 13. The van der Waals surface area contributed by atoms with E-state index in [0.29, 0.717) is 4.57 Å². The Morgan fingerprint density at radius 2 is 1.88 bits per heavy atom. The van der Waals surface area contributed by atoms with E-state index in [9.17, 15) is 24.1 Å². The Bertz CT molecular complexity index is 1350. The monoisotopic (exact) mass is 617 g/mol. The van der Waals surface area contributed by atoms with Crippen LogP contribution in [0.3, 0.4) is 0 Å². The molecule has 2 aromatic rings. The van der Waals surface area contributed by atoms with Crippen LogP contribution in [0.4, 0.5) is 14.6 Å². The molecule has 1 aromatic carbocycles. The fourth-order valence-corrected chi connectivity index (χ4v) is 5.24. The molecule has 0 spiro atoms. The number of aliphatic hydroxyl groups excluding tert-OH is 1. The molecule has 1 fully saturated rings. The molecule has 3 N–H and O–H groups in total. The Hall–Kier alpha value is -3.27. The SMILES string of the molecule is CC(C)OC(=O)C(C)NP(=O)(OCC1OC(n2ccc(NC(=O)CN(C)C)nc2=O)C(F)(F)C1O)Oc1ccccc1. The van der Waals surface area contributed by atoms with Crippen molar-refractivity contribution in [2.75, 3.05) is 32.6 Å². The number of halogens is 2. The number of aromatic nitrogens is 2. The van der Waals surface area contributed by atoms with Crippen molar-refractivity contribution in [3.05, 3.63) is 53.1 Å². The Kier molecular flexibility index (Phi) is 10.9. The molecule has 42 heavy (non-hydrogen) atoms. The largest absolute Gasteiger partial charge is 0.462 e. The summed E-state index contributed by atoms with van der Waals surface area (Å²) in [5.41, 5.74) is -1.19. The predicted molar refractivity (Wildman–Crippen MR) is 145 cm³/mol. The highest BCUT2D eigenvalue weighted by atomic mass is 31.2. The van der Waals surface area contributed by atoms with Gasteiger partial charge in [-0.2, -0.15) is 18.9 Å². The van der Waals surface area contributed by atoms with E-state index in [0.717, 1.165) is 12.3 Å². The smallest absolute Gasteiger partial charge is 0.459 e. The number of carbonyl (C=O) groups is 2. The van der Waals surface area contributed by atoms with Crippen LogP contribution in [-0.4, -0.2) is 89.0 Å². The topological polar surface area (TPSA) is 171 Å². The second-order valence-electron chi connectivity index (χ2n) is 9.97. The van der Waals surface area contributed by atoms with E-state index in [4.69, 9.17) is 18.5 Å². The van der Waals surface area contributed by atoms with Crippen LogP contribution < -0.4 is 20.6 Å². The zero-order valence-corrected chi connectivity index (χ0v) is 24.5. The number of benzene rings is 1. The summed E-state index contributed by atoms with van der Waals surface area (Å²) in [7, 11) is -1.15. The zero-order chi connectivity index (χ0) is 31.2. The van der Waals surface area contributed by atoms with Crippen LogP contribution in [0.5, 0.6) is 5.75 Å². The molecule has 0 radical (unpaired) electrons. The summed E-state index contributed by atoms with van der Waals surface area (Å²) in [6.45, 7) is 3.68. The van der Waals surface area contributed by atoms with Gasteiger partial charge in [0.15, 0.2) is 6.10 Å². The lowest BCUT2D eigenvalue weighted by atomic mass is 10.1. The summed E-state index contributed by atoms with van der Waals surface area (Å²) >= 11 is 0. The fraction of sp³-hybridized carbons (Fsp3) is 0.520. The zero-order valence-electron chi connectivity index (χ0n) is 23.6. The first-order chi connectivity index (χ1) is 19.6. The minimum atomic E-state index is -4.46. The predicted octanol–water partition coefficient (Wildman–Crippen LogP) is 1.77. The number of esters is 1. The first kappa shape index (κ1) is 33.2. The number of carbonyl (C=O) groups excluding carboxylic acids is 2. The highest BCUT2D eigenvalue weighted by Gasteiger charge is 2.60. The van der Waals surface area contributed by atoms with Crippen molar-refractivity contribution < 1.29 is 46.6 Å². The second-order valence-corrected chi connectivity index (χ2v) is 11.7. The molecule has 14 nitrogen and oxygen atoms in total. The molecular formula is C25H34F2N5O9P. The minimum Gasteiger partial charge on any atom is -0.462 e. The van der Waals surface area contributed by atoms with Crippen LogP contribution >= 0.6 is 7.75 Å². The van der Waals surface area contributed by atoms with Crippen LogP contribution in [0.1, 0.15) is 27.0 Å². The number of aliphatic hydroxyl groups is 1. The normalized spacial score (nSPS) is 22.0. The molecule has 2 heterocycles. The van der Waals surface area contributed by atoms with Crippen molar-refractivity contribution >= 4 is 25.4 Å². The molecule has 0 saturated carbocycles. The first-order valence-electron chi connectivity index (χ1n) is 12.8. The van der Waals surface area contributed by atoms with E-state index >= 15 is 8.78 Å². The van der Waals surface area contributed by atoms with Crippen LogP contribution in [0.25, 0.3) is 0 Å². The van der Waals surface area contributed by atoms with Crippen molar-refractivity contribution in [3.8, 4) is 5.75 Å². The molecule has 1 saturated heterocycles. The summed E-state index contributed by atoms with van der Waals surface area (Å²) in [6, 6.07) is 7.64. The van der Waals surface area contributed by atoms with E-state index in [1.54, 1.807) is 51.0 Å². The first-order valence-corrected chi connectivity index (χ1v) is 14.4. The van der Waals surface area contributed by atoms with Gasteiger partial charge in [0.25, 0.3) is 0 Å². The van der Waals surface area contributed by atoms with Gasteiger partial charge in [0.2, 0.25) is 12.1 Å². The molecule has 5 atom stereocenters. The number of likely N-dealkylation sites (N-methyl/N-ethyl adjacent to an activating group) is 1. The van der Waals surface area contributed by atoms with Crippen LogP contribution in [0.2, 0.25) is 0 Å². The van der Waals surface area contributed by atoms with Gasteiger partial charge in [-0.1, -0.05) is 18.2 Å². The van der Waals surface area contributed by atoms with Gasteiger partial charge in [-0.05, 0) is 53.1 Å². The molecule has 0 bridgehead atoms. The third kappa shape index (κ3) is 8.63. The van der Waals surface area contributed by atoms with E-state index in [-0.39, 0.29) is 18.1 Å². The number of hydrogen-bond donors (Lipinski definition) is 3. The maximum Gasteiger partial charge on any atom is 0.459 e. The molecule has 3 rings (SSSR count). The number of ether oxygens (including phenoxy) is 2. The maximum atomic E-state index is 15.1. The molecule has 17 heteroatoms. The van der Waals surface area contributed by atoms with Crippen molar-refractivity contribution in [1.29, 1.82) is 0 Å². The average Bonchev–Trinajstić information content (AvgIpc) is 3.10. The number of anilines is 1. The lowest BCUT2D eigenvalue weighted by Crippen LogP contribution is -2.42. The highest BCUT2D eigenvalue weighted by Crippen LogP contribution is 2.48. The summed E-state index contributed by atoms with van der Waals surface area (Å²) < 4.78 is 65.5. The molecule has 1 amide bonds. The summed E-state index contributed by atoms with van der Waals surface area (Å²) in [6.07, 6.45) is -6.14. The van der Waals surface area contributed by atoms with Gasteiger partial charge in [-0.3, -0.25) is 18.7 Å². The van der Waals surface area contributed by atoms with E-state index in [1.165, 1.54) is 19.1 Å². The number of alkyl halides is 2. The van der Waals surface area contributed by atoms with Gasteiger partial charge in [0.1, 0.15) is 23.7 Å². The third-order valence-corrected chi connectivity index (χ3v) is 7.27. The van der Waals surface area contributed by atoms with Crippen LogP contribution in [0.15, 0.2) is 47.4 Å². The van der Waals surface area contributed by atoms with Crippen molar-refractivity contribution in [3.63, 3.8) is 0 Å². The van der Waals surface area contributed by atoms with E-state index in [2.05, 4.69) is 15.4 Å². The summed E-state index contributed by atoms with van der Waals surface area (Å²) in [4.78, 5) is 42.0. The van der Waals surface area contributed by atoms with E-state index < -0.39 is 68.4 Å². The Morgan fingerprint density at radius 3 is 2.48 bits per heavy atom. The Morgan fingerprint density at radius 1 is 1.21 bits per heavy atom. The van der Waals surface area contributed by atoms with Crippen molar-refractivity contribution in [2.45, 2.75) is 57.3 Å². The van der Waals surface area contributed by atoms with Gasteiger partial charge < -0.3 is 29.3 Å². The molecule has 0 aliphatic carbocycles. The number of hydrogen-bond acceptors (Lipinski definition) is 11. The van der Waals surface area contributed by atoms with Crippen LogP contribution in [-0.2, 0) is 28.2 Å². The molecule has 1 aromatic heterocycles. The average molecular weight is 618 g/mol. The highest BCUT2D eigenvalue weighted by molar-refractivity contribution is 7.52. The lowest BCUT2D eigenvalue weighted by Gasteiger charge is -2.25. The van der Waals surface area contributed by atoms with Gasteiger partial charge in [0, 0.05) is 6.20 Å². The number of para-hydroxylation sites is 1. The second kappa shape index (κ2) is 13.8. The molecule has 5 unspecified atom stereocenters. The number of nitrogens with zero attached hydrogens (tertiary/aromatic N) is 3. The quantitative estimate of drug-likeness (QED) is 0.220. The minimum absolute atomic E-state index is 0.00711. The van der Waals surface area contributed by atoms with Crippen molar-refractivity contribution in [2.24, 2.45) is 0 Å². The number of nitrogens with one attached hydrogen (secondary N) is 2. The van der Waals surface area contributed by atoms with Gasteiger partial charge in [-0.15, -0.1) is 0 Å². The molecular weight excluding hydrogens is 583 g/mol. The van der Waals surface area contributed by atoms with E-state index in [1.807, 2.05) is 0 Å².